The Kier molecular flexibility index (Phi) is 3.32. The average molecular weight is 294 g/mol. The van der Waals surface area contributed by atoms with E-state index in [2.05, 4.69) is 0 Å². The van der Waals surface area contributed by atoms with Gasteiger partial charge in [-0.25, -0.2) is 0 Å². The molecule has 0 N–H and O–H groups in total. The third kappa shape index (κ3) is 1.89. The number of hydrogen-bond acceptors (Lipinski definition) is 1. The van der Waals surface area contributed by atoms with Gasteiger partial charge in [0.15, 0.2) is 0 Å². The lowest BCUT2D eigenvalue weighted by Crippen LogP contribution is -1.92. The summed E-state index contributed by atoms with van der Waals surface area (Å²) in [4.78, 5) is 11.3. The minimum atomic E-state index is -0.592. The zero-order chi connectivity index (χ0) is 11.9. The Morgan fingerprint density at radius 3 is 1.75 bits per heavy atom. The summed E-state index contributed by atoms with van der Waals surface area (Å²) >= 11 is 23.5. The fraction of sp³-hybridized carbons (Fsp3) is 0. The van der Waals surface area contributed by atoms with Crippen molar-refractivity contribution in [3.8, 4) is 0 Å². The van der Waals surface area contributed by atoms with Crippen LogP contribution in [-0.2, 0) is 0 Å². The quantitative estimate of drug-likeness (QED) is 0.662. The summed E-state index contributed by atoms with van der Waals surface area (Å²) in [5, 5.41) is 1.70. The Morgan fingerprint density at radius 1 is 0.812 bits per heavy atom. The van der Waals surface area contributed by atoms with E-state index >= 15 is 0 Å². The Hall–Kier alpha value is -0.470. The molecule has 2 aromatic rings. The molecule has 16 heavy (non-hydrogen) atoms. The summed E-state index contributed by atoms with van der Waals surface area (Å²) in [5.74, 6) is 0. The molecule has 5 heteroatoms. The highest BCUT2D eigenvalue weighted by Crippen LogP contribution is 2.37. The molecule has 0 spiro atoms. The van der Waals surface area contributed by atoms with Crippen LogP contribution in [0.5, 0.6) is 0 Å². The largest absolute Gasteiger partial charge is 0.276 e. The van der Waals surface area contributed by atoms with E-state index in [4.69, 9.17) is 46.4 Å². The second kappa shape index (κ2) is 4.42. The lowest BCUT2D eigenvalue weighted by molar-refractivity contribution is 0.108. The van der Waals surface area contributed by atoms with E-state index in [1.165, 1.54) is 6.07 Å². The number of benzene rings is 2. The van der Waals surface area contributed by atoms with E-state index in [0.717, 1.165) is 0 Å². The van der Waals surface area contributed by atoms with Crippen molar-refractivity contribution in [2.75, 3.05) is 0 Å². The van der Waals surface area contributed by atoms with Gasteiger partial charge in [0.05, 0.1) is 5.02 Å². The maximum absolute atomic E-state index is 11.3. The topological polar surface area (TPSA) is 17.1 Å². The van der Waals surface area contributed by atoms with E-state index in [-0.39, 0.29) is 0 Å². The molecule has 0 saturated carbocycles. The average Bonchev–Trinajstić information content (AvgIpc) is 2.23. The zero-order valence-electron chi connectivity index (χ0n) is 7.73. The number of fused-ring (bicyclic) bond motifs is 1. The van der Waals surface area contributed by atoms with Crippen molar-refractivity contribution in [1.29, 1.82) is 0 Å². The molecule has 0 atom stereocenters. The smallest absolute Gasteiger partial charge is 0.253 e. The van der Waals surface area contributed by atoms with Gasteiger partial charge in [-0.1, -0.05) is 34.8 Å². The van der Waals surface area contributed by atoms with Crippen LogP contribution in [0.15, 0.2) is 24.3 Å². The maximum atomic E-state index is 11.3. The molecule has 2 aromatic carbocycles. The number of carbonyl (C=O) groups excluding carboxylic acids is 1. The Labute approximate surface area is 112 Å². The Bertz CT molecular complexity index is 584. The second-order valence-corrected chi connectivity index (χ2v) is 4.71. The number of halogens is 4. The van der Waals surface area contributed by atoms with Crippen LogP contribution in [0.3, 0.4) is 0 Å². The van der Waals surface area contributed by atoms with Crippen molar-refractivity contribution >= 4 is 62.4 Å². The minimum absolute atomic E-state index is 0.300. The fourth-order valence-corrected chi connectivity index (χ4v) is 2.52. The summed E-state index contributed by atoms with van der Waals surface area (Å²) < 4.78 is 0. The lowest BCUT2D eigenvalue weighted by atomic mass is 10.1. The zero-order valence-corrected chi connectivity index (χ0v) is 10.8. The molecule has 0 heterocycles. The number of hydrogen-bond donors (Lipinski definition) is 0. The molecule has 0 aromatic heterocycles. The van der Waals surface area contributed by atoms with Crippen molar-refractivity contribution in [3.63, 3.8) is 0 Å². The summed E-state index contributed by atoms with van der Waals surface area (Å²) in [5.41, 5.74) is 0.300. The maximum Gasteiger partial charge on any atom is 0.253 e. The first kappa shape index (κ1) is 12.0. The number of carbonyl (C=O) groups is 1. The van der Waals surface area contributed by atoms with Gasteiger partial charge in [0, 0.05) is 26.4 Å². The molecule has 2 rings (SSSR count). The van der Waals surface area contributed by atoms with Crippen molar-refractivity contribution in [3.05, 3.63) is 44.9 Å². The van der Waals surface area contributed by atoms with Gasteiger partial charge >= 0.3 is 0 Å². The summed E-state index contributed by atoms with van der Waals surface area (Å²) in [6, 6.07) is 6.33. The first-order valence-electron chi connectivity index (χ1n) is 4.28. The minimum Gasteiger partial charge on any atom is -0.276 e. The van der Waals surface area contributed by atoms with Crippen LogP contribution in [0.25, 0.3) is 10.8 Å². The SMILES string of the molecule is O=C(Cl)c1ccc(Cl)c2c(Cl)ccc(Cl)c12. The van der Waals surface area contributed by atoms with E-state index in [1.54, 1.807) is 18.2 Å². The monoisotopic (exact) mass is 292 g/mol. The van der Waals surface area contributed by atoms with Crippen LogP contribution in [0.1, 0.15) is 10.4 Å². The highest BCUT2D eigenvalue weighted by atomic mass is 35.5. The van der Waals surface area contributed by atoms with Gasteiger partial charge in [-0.2, -0.15) is 0 Å². The third-order valence-corrected chi connectivity index (χ3v) is 3.37. The highest BCUT2D eigenvalue weighted by molar-refractivity contribution is 6.69. The van der Waals surface area contributed by atoms with Crippen LogP contribution in [0.4, 0.5) is 0 Å². The highest BCUT2D eigenvalue weighted by Gasteiger charge is 2.15. The standard InChI is InChI=1S/C11H4Cl4O/c12-6-3-4-8(14)10-7(13)2-1-5(9(6)10)11(15)16/h1-4H. The Balaban J connectivity index is 3.03. The van der Waals surface area contributed by atoms with Gasteiger partial charge in [0.1, 0.15) is 0 Å². The first-order chi connectivity index (χ1) is 7.52. The van der Waals surface area contributed by atoms with Gasteiger partial charge in [-0.05, 0) is 35.9 Å². The molecule has 0 radical (unpaired) electrons. The molecule has 0 fully saturated rings. The molecule has 0 unspecified atom stereocenters. The van der Waals surface area contributed by atoms with Gasteiger partial charge < -0.3 is 0 Å². The lowest BCUT2D eigenvalue weighted by Gasteiger charge is -2.08. The van der Waals surface area contributed by atoms with Crippen LogP contribution in [0.2, 0.25) is 15.1 Å². The molecule has 0 aliphatic rings. The van der Waals surface area contributed by atoms with Gasteiger partial charge in [-0.15, -0.1) is 0 Å². The van der Waals surface area contributed by atoms with Crippen molar-refractivity contribution in [2.24, 2.45) is 0 Å². The predicted octanol–water partition coefficient (Wildman–Crippen LogP) is 5.18. The van der Waals surface area contributed by atoms with Crippen molar-refractivity contribution in [2.45, 2.75) is 0 Å². The van der Waals surface area contributed by atoms with E-state index in [9.17, 15) is 4.79 Å². The second-order valence-electron chi connectivity index (χ2n) is 3.15. The van der Waals surface area contributed by atoms with Crippen LogP contribution >= 0.6 is 46.4 Å². The molecule has 0 aliphatic carbocycles. The first-order valence-corrected chi connectivity index (χ1v) is 5.79. The summed E-state index contributed by atoms with van der Waals surface area (Å²) in [6.07, 6.45) is 0. The molecule has 1 nitrogen and oxygen atoms in total. The molecular weight excluding hydrogens is 290 g/mol. The van der Waals surface area contributed by atoms with Gasteiger partial charge in [-0.3, -0.25) is 4.79 Å². The molecule has 82 valence electrons. The molecule has 0 amide bonds. The van der Waals surface area contributed by atoms with Crippen molar-refractivity contribution in [1.82, 2.24) is 0 Å². The van der Waals surface area contributed by atoms with Crippen molar-refractivity contribution < 1.29 is 4.79 Å². The fourth-order valence-electron chi connectivity index (χ4n) is 1.54. The number of rotatable bonds is 1. The van der Waals surface area contributed by atoms with Gasteiger partial charge in [0.25, 0.3) is 5.24 Å². The predicted molar refractivity (Wildman–Crippen MR) is 69.2 cm³/mol. The molecule has 0 saturated heterocycles. The van der Waals surface area contributed by atoms with Crippen LogP contribution in [0, 0.1) is 0 Å². The van der Waals surface area contributed by atoms with E-state index in [1.807, 2.05) is 0 Å². The van der Waals surface area contributed by atoms with Crippen LogP contribution in [-0.4, -0.2) is 5.24 Å². The molecular formula is C11H4Cl4O. The van der Waals surface area contributed by atoms with Crippen LogP contribution < -0.4 is 0 Å². The summed E-state index contributed by atoms with van der Waals surface area (Å²) in [6.45, 7) is 0. The molecule has 0 aliphatic heterocycles. The molecule has 0 bridgehead atoms. The van der Waals surface area contributed by atoms with Gasteiger partial charge in [0.2, 0.25) is 0 Å². The Morgan fingerprint density at radius 2 is 1.25 bits per heavy atom. The van der Waals surface area contributed by atoms with E-state index in [0.29, 0.717) is 31.4 Å². The van der Waals surface area contributed by atoms with E-state index < -0.39 is 5.24 Å². The third-order valence-electron chi connectivity index (χ3n) is 2.22. The normalized spacial score (nSPS) is 10.8. The summed E-state index contributed by atoms with van der Waals surface area (Å²) in [7, 11) is 0.